The maximum Gasteiger partial charge on any atom is 0.0876 e. The Kier molecular flexibility index (Phi) is 4.56. The fourth-order valence-corrected chi connectivity index (χ4v) is 2.36. The molecule has 1 fully saturated rings. The molecule has 2 unspecified atom stereocenters. The molecule has 0 aromatic rings. The van der Waals surface area contributed by atoms with Crippen LogP contribution in [0.5, 0.6) is 0 Å². The average Bonchev–Trinajstić information content (AvgIpc) is 1.99. The first-order valence-corrected chi connectivity index (χ1v) is 6.07. The summed E-state index contributed by atoms with van der Waals surface area (Å²) in [5.74, 6) is 0.502. The van der Waals surface area contributed by atoms with Gasteiger partial charge in [0.1, 0.15) is 0 Å². The molecule has 0 aromatic carbocycles. The summed E-state index contributed by atoms with van der Waals surface area (Å²) in [5, 5.41) is 21.4. The van der Waals surface area contributed by atoms with Gasteiger partial charge >= 0.3 is 0 Å². The normalized spacial score (nSPS) is 33.0. The molecular weight excluding hydrogens is 190 g/mol. The van der Waals surface area contributed by atoms with E-state index in [9.17, 15) is 10.2 Å². The molecule has 1 aliphatic rings. The lowest BCUT2D eigenvalue weighted by molar-refractivity contribution is -0.717. The van der Waals surface area contributed by atoms with Gasteiger partial charge in [0.25, 0.3) is 0 Å². The van der Waals surface area contributed by atoms with Gasteiger partial charge in [-0.1, -0.05) is 0 Å². The smallest absolute Gasteiger partial charge is 0.0876 e. The lowest BCUT2D eigenvalue weighted by atomic mass is 9.83. The number of rotatable bonds is 3. The Morgan fingerprint density at radius 2 is 1.60 bits per heavy atom. The molecule has 15 heavy (non-hydrogen) atoms. The Bertz CT molecular complexity index is 179. The van der Waals surface area contributed by atoms with Crippen molar-refractivity contribution in [2.45, 2.75) is 64.2 Å². The molecule has 0 radical (unpaired) electrons. The van der Waals surface area contributed by atoms with Crippen molar-refractivity contribution in [3.63, 3.8) is 0 Å². The molecule has 0 aromatic heterocycles. The van der Waals surface area contributed by atoms with E-state index in [-0.39, 0.29) is 17.7 Å². The molecule has 0 heterocycles. The summed E-state index contributed by atoms with van der Waals surface area (Å²) in [6.07, 6.45) is 2.84. The number of hydrogen-bond donors (Lipinski definition) is 3. The molecule has 90 valence electrons. The van der Waals surface area contributed by atoms with E-state index in [1.54, 1.807) is 0 Å². The number of quaternary nitrogens is 1. The highest BCUT2D eigenvalue weighted by Gasteiger charge is 2.26. The predicted molar refractivity (Wildman–Crippen MR) is 60.5 cm³/mol. The quantitative estimate of drug-likeness (QED) is 0.634. The van der Waals surface area contributed by atoms with Crippen molar-refractivity contribution in [1.82, 2.24) is 0 Å². The van der Waals surface area contributed by atoms with Crippen LogP contribution in [0.1, 0.15) is 46.5 Å². The Balaban J connectivity index is 2.21. The lowest BCUT2D eigenvalue weighted by Gasteiger charge is -2.29. The first-order chi connectivity index (χ1) is 6.87. The van der Waals surface area contributed by atoms with Crippen LogP contribution in [0.15, 0.2) is 0 Å². The molecular formula is C12H26NO2+. The van der Waals surface area contributed by atoms with Crippen LogP contribution in [-0.2, 0) is 0 Å². The Labute approximate surface area is 92.9 Å². The standard InChI is InChI=1S/C12H25NO2/c1-12(2,3)13-5-4-9-6-10(14)8-11(15)7-9/h9-11,13-15H,4-8H2,1-3H3/p+1. The molecule has 1 rings (SSSR count). The Morgan fingerprint density at radius 3 is 2.07 bits per heavy atom. The molecule has 3 heteroatoms. The molecule has 0 amide bonds. The van der Waals surface area contributed by atoms with E-state index in [0.29, 0.717) is 12.3 Å². The highest BCUT2D eigenvalue weighted by molar-refractivity contribution is 4.77. The zero-order valence-electron chi connectivity index (χ0n) is 10.2. The van der Waals surface area contributed by atoms with E-state index >= 15 is 0 Å². The molecule has 0 bridgehead atoms. The summed E-state index contributed by atoms with van der Waals surface area (Å²) in [5.41, 5.74) is 0.284. The summed E-state index contributed by atoms with van der Waals surface area (Å²) in [4.78, 5) is 0. The lowest BCUT2D eigenvalue weighted by Crippen LogP contribution is -2.94. The predicted octanol–water partition coefficient (Wildman–Crippen LogP) is 0.260. The second-order valence-electron chi connectivity index (χ2n) is 6.03. The monoisotopic (exact) mass is 216 g/mol. The van der Waals surface area contributed by atoms with Gasteiger partial charge in [0.05, 0.1) is 24.3 Å². The van der Waals surface area contributed by atoms with E-state index in [0.717, 1.165) is 25.8 Å². The Hall–Kier alpha value is -0.120. The third-order valence-electron chi connectivity index (χ3n) is 3.09. The van der Waals surface area contributed by atoms with Crippen LogP contribution in [0.3, 0.4) is 0 Å². The van der Waals surface area contributed by atoms with Gasteiger partial charge in [-0.3, -0.25) is 0 Å². The Morgan fingerprint density at radius 1 is 1.07 bits per heavy atom. The summed E-state index contributed by atoms with van der Waals surface area (Å²) in [6, 6.07) is 0. The summed E-state index contributed by atoms with van der Waals surface area (Å²) in [6.45, 7) is 7.71. The summed E-state index contributed by atoms with van der Waals surface area (Å²) < 4.78 is 0. The van der Waals surface area contributed by atoms with Gasteiger partial charge in [-0.05, 0) is 52.4 Å². The van der Waals surface area contributed by atoms with Gasteiger partial charge < -0.3 is 15.5 Å². The van der Waals surface area contributed by atoms with Crippen LogP contribution in [0.4, 0.5) is 0 Å². The van der Waals surface area contributed by atoms with Gasteiger partial charge in [-0.25, -0.2) is 0 Å². The van der Waals surface area contributed by atoms with Gasteiger partial charge in [-0.15, -0.1) is 0 Å². The number of hydrogen-bond acceptors (Lipinski definition) is 2. The minimum atomic E-state index is -0.284. The van der Waals surface area contributed by atoms with Crippen LogP contribution in [0.2, 0.25) is 0 Å². The van der Waals surface area contributed by atoms with Crippen molar-refractivity contribution in [3.8, 4) is 0 Å². The third-order valence-corrected chi connectivity index (χ3v) is 3.09. The van der Waals surface area contributed by atoms with Crippen LogP contribution in [-0.4, -0.2) is 34.5 Å². The van der Waals surface area contributed by atoms with Gasteiger partial charge in [0, 0.05) is 0 Å². The largest absolute Gasteiger partial charge is 0.393 e. The van der Waals surface area contributed by atoms with Crippen LogP contribution < -0.4 is 5.32 Å². The molecule has 4 N–H and O–H groups in total. The van der Waals surface area contributed by atoms with E-state index in [4.69, 9.17) is 0 Å². The van der Waals surface area contributed by atoms with Crippen LogP contribution in [0, 0.1) is 5.92 Å². The van der Waals surface area contributed by atoms with E-state index in [2.05, 4.69) is 26.1 Å². The van der Waals surface area contributed by atoms with Gasteiger partial charge in [0.2, 0.25) is 0 Å². The maximum atomic E-state index is 9.54. The molecule has 0 spiro atoms. The first kappa shape index (κ1) is 12.9. The fraction of sp³-hybridized carbons (Fsp3) is 1.00. The second kappa shape index (κ2) is 5.28. The zero-order valence-corrected chi connectivity index (χ0v) is 10.2. The van der Waals surface area contributed by atoms with E-state index < -0.39 is 0 Å². The van der Waals surface area contributed by atoms with Crippen LogP contribution in [0.25, 0.3) is 0 Å². The SMILES string of the molecule is CC(C)(C)[NH2+]CCC1CC(O)CC(O)C1. The van der Waals surface area contributed by atoms with Crippen molar-refractivity contribution in [1.29, 1.82) is 0 Å². The third kappa shape index (κ3) is 5.50. The molecule has 0 aliphatic heterocycles. The molecule has 2 atom stereocenters. The van der Waals surface area contributed by atoms with Crippen molar-refractivity contribution in [2.75, 3.05) is 6.54 Å². The fourth-order valence-electron chi connectivity index (χ4n) is 2.36. The molecule has 0 saturated heterocycles. The van der Waals surface area contributed by atoms with Crippen LogP contribution >= 0.6 is 0 Å². The molecule has 1 saturated carbocycles. The number of aliphatic hydroxyl groups excluding tert-OH is 2. The van der Waals surface area contributed by atoms with Crippen molar-refractivity contribution in [3.05, 3.63) is 0 Å². The van der Waals surface area contributed by atoms with E-state index in [1.807, 2.05) is 0 Å². The van der Waals surface area contributed by atoms with Crippen molar-refractivity contribution in [2.24, 2.45) is 5.92 Å². The van der Waals surface area contributed by atoms with Gasteiger partial charge in [-0.2, -0.15) is 0 Å². The summed E-state index contributed by atoms with van der Waals surface area (Å²) in [7, 11) is 0. The first-order valence-electron chi connectivity index (χ1n) is 6.07. The van der Waals surface area contributed by atoms with Gasteiger partial charge in [0.15, 0.2) is 0 Å². The number of nitrogens with two attached hydrogens (primary N) is 1. The van der Waals surface area contributed by atoms with Crippen molar-refractivity contribution >= 4 is 0 Å². The van der Waals surface area contributed by atoms with E-state index in [1.165, 1.54) is 0 Å². The highest BCUT2D eigenvalue weighted by atomic mass is 16.3. The second-order valence-corrected chi connectivity index (χ2v) is 6.03. The minimum absolute atomic E-state index is 0.284. The minimum Gasteiger partial charge on any atom is -0.393 e. The van der Waals surface area contributed by atoms with Crippen molar-refractivity contribution < 1.29 is 15.5 Å². The highest BCUT2D eigenvalue weighted by Crippen LogP contribution is 2.26. The molecule has 1 aliphatic carbocycles. The maximum absolute atomic E-state index is 9.54. The zero-order chi connectivity index (χ0) is 11.5. The topological polar surface area (TPSA) is 57.1 Å². The molecule has 3 nitrogen and oxygen atoms in total. The number of aliphatic hydroxyl groups is 2. The average molecular weight is 216 g/mol. The summed E-state index contributed by atoms with van der Waals surface area (Å²) >= 11 is 0.